The number of rotatable bonds is 4. The summed E-state index contributed by atoms with van der Waals surface area (Å²) < 4.78 is 14.6. The minimum Gasteiger partial charge on any atom is -0.377 e. The maximum absolute atomic E-state index is 14.6. The lowest BCUT2D eigenvalue weighted by Gasteiger charge is -2.33. The Hall–Kier alpha value is -2.82. The average Bonchev–Trinajstić information content (AvgIpc) is 3.18. The highest BCUT2D eigenvalue weighted by molar-refractivity contribution is 5.94. The molecule has 3 aromatic rings. The van der Waals surface area contributed by atoms with E-state index in [4.69, 9.17) is 0 Å². The number of piperidine rings is 1. The highest BCUT2D eigenvalue weighted by atomic mass is 19.1. The Labute approximate surface area is 172 Å². The van der Waals surface area contributed by atoms with Crippen LogP contribution < -0.4 is 4.90 Å². The first-order valence-electron chi connectivity index (χ1n) is 10.4. The van der Waals surface area contributed by atoms with Crippen molar-refractivity contribution in [1.29, 1.82) is 0 Å². The minimum atomic E-state index is -0.238. The molecule has 1 aromatic carbocycles. The lowest BCUT2D eigenvalue weighted by atomic mass is 9.94. The van der Waals surface area contributed by atoms with Gasteiger partial charge in [0.15, 0.2) is 11.6 Å². The van der Waals surface area contributed by atoms with Crippen molar-refractivity contribution in [2.45, 2.75) is 33.1 Å². The van der Waals surface area contributed by atoms with Gasteiger partial charge in [-0.3, -0.25) is 0 Å². The smallest absolute Gasteiger partial charge is 0.165 e. The first kappa shape index (κ1) is 19.5. The average molecular weight is 393 g/mol. The number of aromatic nitrogens is 2. The summed E-state index contributed by atoms with van der Waals surface area (Å²) in [6, 6.07) is 8.19. The van der Waals surface area contributed by atoms with Crippen LogP contribution in [0.1, 0.15) is 36.5 Å². The number of aromatic amines is 1. The predicted octanol–water partition coefficient (Wildman–Crippen LogP) is 5.15. The van der Waals surface area contributed by atoms with E-state index in [1.807, 2.05) is 13.1 Å². The molecule has 4 nitrogen and oxygen atoms in total. The molecular formula is C24H29FN4. The molecule has 1 aliphatic heterocycles. The van der Waals surface area contributed by atoms with E-state index in [0.717, 1.165) is 31.4 Å². The van der Waals surface area contributed by atoms with Gasteiger partial charge in [0.05, 0.1) is 0 Å². The number of nitrogens with one attached hydrogen (secondary N) is 1. The number of halogens is 1. The van der Waals surface area contributed by atoms with Crippen molar-refractivity contribution >= 4 is 22.4 Å². The largest absolute Gasteiger partial charge is 0.377 e. The third kappa shape index (κ3) is 3.61. The summed E-state index contributed by atoms with van der Waals surface area (Å²) in [6.07, 6.45) is 6.77. The Morgan fingerprint density at radius 1 is 1.28 bits per heavy atom. The molecular weight excluding hydrogens is 363 g/mol. The fraction of sp³-hybridized carbons (Fsp3) is 0.375. The van der Waals surface area contributed by atoms with Crippen molar-refractivity contribution in [3.63, 3.8) is 0 Å². The molecule has 5 heteroatoms. The zero-order valence-corrected chi connectivity index (χ0v) is 17.7. The van der Waals surface area contributed by atoms with Crippen molar-refractivity contribution in [3.8, 4) is 0 Å². The van der Waals surface area contributed by atoms with E-state index in [1.54, 1.807) is 12.3 Å². The van der Waals surface area contributed by atoms with Crippen LogP contribution in [0, 0.1) is 12.7 Å². The van der Waals surface area contributed by atoms with Gasteiger partial charge in [-0.1, -0.05) is 19.1 Å². The summed E-state index contributed by atoms with van der Waals surface area (Å²) in [5, 5.41) is 1.25. The van der Waals surface area contributed by atoms with Gasteiger partial charge in [0, 0.05) is 61.7 Å². The number of hydrogen-bond acceptors (Lipinski definition) is 3. The number of aryl methyl sites for hydroxylation is 2. The monoisotopic (exact) mass is 392 g/mol. The molecule has 0 spiro atoms. The van der Waals surface area contributed by atoms with Gasteiger partial charge in [-0.25, -0.2) is 9.37 Å². The predicted molar refractivity (Wildman–Crippen MR) is 119 cm³/mol. The van der Waals surface area contributed by atoms with Crippen molar-refractivity contribution < 1.29 is 4.39 Å². The fourth-order valence-electron chi connectivity index (χ4n) is 4.47. The molecule has 29 heavy (non-hydrogen) atoms. The molecule has 0 bridgehead atoms. The number of pyridine rings is 1. The van der Waals surface area contributed by atoms with Crippen molar-refractivity contribution in [2.75, 3.05) is 32.1 Å². The van der Waals surface area contributed by atoms with E-state index in [2.05, 4.69) is 59.0 Å². The number of nitrogens with zero attached hydrogens (tertiary/aromatic N) is 3. The Balaban J connectivity index is 1.79. The molecule has 1 N–H and O–H groups in total. The van der Waals surface area contributed by atoms with E-state index in [0.29, 0.717) is 12.4 Å². The number of anilines is 1. The van der Waals surface area contributed by atoms with Gasteiger partial charge in [0.25, 0.3) is 0 Å². The summed E-state index contributed by atoms with van der Waals surface area (Å²) in [5.74, 6) is 0.219. The summed E-state index contributed by atoms with van der Waals surface area (Å²) in [6.45, 7) is 5.57. The second-order valence-electron chi connectivity index (χ2n) is 8.08. The Morgan fingerprint density at radius 2 is 2.10 bits per heavy atom. The van der Waals surface area contributed by atoms with E-state index < -0.39 is 0 Å². The molecule has 1 saturated heterocycles. The van der Waals surface area contributed by atoms with Crippen LogP contribution in [0.5, 0.6) is 0 Å². The van der Waals surface area contributed by atoms with Crippen molar-refractivity contribution in [3.05, 3.63) is 64.7 Å². The lowest BCUT2D eigenvalue weighted by Crippen LogP contribution is -2.34. The molecule has 4 rings (SSSR count). The van der Waals surface area contributed by atoms with Crippen LogP contribution in [-0.2, 0) is 6.42 Å². The number of fused-ring (bicyclic) bond motifs is 1. The highest BCUT2D eigenvalue weighted by Crippen LogP contribution is 2.34. The standard InChI is InChI=1S/C24H29FN4/c1-5-17-8-9-20(19-10-11-26-22(17)19)23(28(3)4)18-7-6-12-29(15-18)24-21(25)13-16(2)14-27-24/h8-11,13-14,26H,5-7,12,15H2,1-4H3/b23-18+. The van der Waals surface area contributed by atoms with Gasteiger partial charge in [-0.05, 0) is 55.0 Å². The minimum absolute atomic E-state index is 0.238. The second-order valence-corrected chi connectivity index (χ2v) is 8.08. The zero-order chi connectivity index (χ0) is 20.5. The lowest BCUT2D eigenvalue weighted by molar-refractivity contribution is 0.564. The van der Waals surface area contributed by atoms with Gasteiger partial charge in [0.2, 0.25) is 0 Å². The van der Waals surface area contributed by atoms with Crippen LogP contribution in [0.3, 0.4) is 0 Å². The maximum Gasteiger partial charge on any atom is 0.165 e. The van der Waals surface area contributed by atoms with Gasteiger partial charge in [0.1, 0.15) is 0 Å². The third-order valence-electron chi connectivity index (χ3n) is 5.77. The van der Waals surface area contributed by atoms with Crippen LogP contribution in [0.4, 0.5) is 10.2 Å². The zero-order valence-electron chi connectivity index (χ0n) is 17.7. The molecule has 1 aliphatic rings. The highest BCUT2D eigenvalue weighted by Gasteiger charge is 2.24. The van der Waals surface area contributed by atoms with Gasteiger partial charge in [-0.2, -0.15) is 0 Å². The van der Waals surface area contributed by atoms with Crippen LogP contribution in [0.15, 0.2) is 42.2 Å². The number of H-pyrrole nitrogens is 1. The normalized spacial score (nSPS) is 16.4. The molecule has 0 unspecified atom stereocenters. The van der Waals surface area contributed by atoms with Crippen LogP contribution in [0.2, 0.25) is 0 Å². The molecule has 0 aliphatic carbocycles. The van der Waals surface area contributed by atoms with E-state index in [-0.39, 0.29) is 5.82 Å². The summed E-state index contributed by atoms with van der Waals surface area (Å²) in [5.41, 5.74) is 7.18. The molecule has 0 saturated carbocycles. The molecule has 2 aromatic heterocycles. The Bertz CT molecular complexity index is 1060. The SMILES string of the molecule is CCc1ccc(/C(=C2/CCCN(c3ncc(C)cc3F)C2)N(C)C)c2cc[nH]c12. The van der Waals surface area contributed by atoms with E-state index >= 15 is 0 Å². The molecule has 152 valence electrons. The molecule has 1 fully saturated rings. The first-order valence-corrected chi connectivity index (χ1v) is 10.4. The van der Waals surface area contributed by atoms with Crippen LogP contribution in [0.25, 0.3) is 16.6 Å². The second kappa shape index (κ2) is 7.90. The fourth-order valence-corrected chi connectivity index (χ4v) is 4.47. The first-order chi connectivity index (χ1) is 14.0. The summed E-state index contributed by atoms with van der Waals surface area (Å²) >= 11 is 0. The van der Waals surface area contributed by atoms with Crippen molar-refractivity contribution in [2.24, 2.45) is 0 Å². The summed E-state index contributed by atoms with van der Waals surface area (Å²) in [4.78, 5) is 12.1. The molecule has 0 atom stereocenters. The van der Waals surface area contributed by atoms with E-state index in [9.17, 15) is 4.39 Å². The number of hydrogen-bond donors (Lipinski definition) is 1. The summed E-state index contributed by atoms with van der Waals surface area (Å²) in [7, 11) is 4.19. The van der Waals surface area contributed by atoms with Gasteiger partial charge in [-0.15, -0.1) is 0 Å². The van der Waals surface area contributed by atoms with Crippen molar-refractivity contribution in [1.82, 2.24) is 14.9 Å². The van der Waals surface area contributed by atoms with E-state index in [1.165, 1.54) is 33.3 Å². The van der Waals surface area contributed by atoms with Crippen LogP contribution in [-0.4, -0.2) is 42.1 Å². The van der Waals surface area contributed by atoms with Crippen LogP contribution >= 0.6 is 0 Å². The quantitative estimate of drug-likeness (QED) is 0.667. The Morgan fingerprint density at radius 3 is 2.83 bits per heavy atom. The topological polar surface area (TPSA) is 35.2 Å². The third-order valence-corrected chi connectivity index (χ3v) is 5.77. The number of benzene rings is 1. The molecule has 3 heterocycles. The molecule has 0 radical (unpaired) electrons. The van der Waals surface area contributed by atoms with Gasteiger partial charge < -0.3 is 14.8 Å². The molecule has 0 amide bonds. The maximum atomic E-state index is 14.6. The Kier molecular flexibility index (Phi) is 5.31. The van der Waals surface area contributed by atoms with Gasteiger partial charge >= 0.3 is 0 Å².